The molecule has 1 amide bonds. The number of methoxy groups -OCH3 is 1. The maximum atomic E-state index is 13.2. The number of hydrogen-bond donors (Lipinski definition) is 1. The standard InChI is InChI=1S/C22H25N3O4S/c1-5-6-9-12-25-21(27)16-11-8-7-10-15(16)18(24-25)19(26)23-20-17(22(28)29-4)13(2)14(3)30-20/h7-8,10-11H,5-6,9,12H2,1-4H3,(H,23,26). The van der Waals surface area contributed by atoms with Crippen molar-refractivity contribution in [3.63, 3.8) is 0 Å². The second-order valence-electron chi connectivity index (χ2n) is 7.06. The van der Waals surface area contributed by atoms with Gasteiger partial charge in [0, 0.05) is 16.8 Å². The Bertz CT molecular complexity index is 1160. The molecule has 3 aromatic rings. The predicted octanol–water partition coefficient (Wildman–Crippen LogP) is 4.30. The fourth-order valence-electron chi connectivity index (χ4n) is 3.29. The number of thiophene rings is 1. The second-order valence-corrected chi connectivity index (χ2v) is 8.29. The number of ether oxygens (including phenoxy) is 1. The van der Waals surface area contributed by atoms with Crippen LogP contribution in [0.4, 0.5) is 5.00 Å². The quantitative estimate of drug-likeness (QED) is 0.448. The van der Waals surface area contributed by atoms with E-state index in [1.807, 2.05) is 13.8 Å². The molecule has 1 aromatic carbocycles. The molecule has 0 saturated carbocycles. The highest BCUT2D eigenvalue weighted by Crippen LogP contribution is 2.33. The summed E-state index contributed by atoms with van der Waals surface area (Å²) < 4.78 is 6.23. The summed E-state index contributed by atoms with van der Waals surface area (Å²) in [4.78, 5) is 39.1. The highest BCUT2D eigenvalue weighted by atomic mass is 32.1. The minimum atomic E-state index is -0.505. The Kier molecular flexibility index (Phi) is 6.66. The van der Waals surface area contributed by atoms with Crippen LogP contribution in [0.3, 0.4) is 0 Å². The van der Waals surface area contributed by atoms with Crippen LogP contribution in [0.2, 0.25) is 0 Å². The van der Waals surface area contributed by atoms with Gasteiger partial charge in [-0.15, -0.1) is 11.3 Å². The van der Waals surface area contributed by atoms with Gasteiger partial charge in [0.1, 0.15) is 5.00 Å². The molecule has 0 spiro atoms. The summed E-state index contributed by atoms with van der Waals surface area (Å²) in [7, 11) is 1.31. The third kappa shape index (κ3) is 4.14. The molecule has 0 radical (unpaired) electrons. The first-order chi connectivity index (χ1) is 14.4. The van der Waals surface area contributed by atoms with Crippen molar-refractivity contribution in [1.82, 2.24) is 9.78 Å². The molecule has 2 heterocycles. The first kappa shape index (κ1) is 21.7. The Morgan fingerprint density at radius 2 is 1.87 bits per heavy atom. The van der Waals surface area contributed by atoms with Crippen molar-refractivity contribution in [3.05, 3.63) is 56.3 Å². The van der Waals surface area contributed by atoms with Crippen LogP contribution in [0.1, 0.15) is 57.5 Å². The minimum absolute atomic E-state index is 0.154. The van der Waals surface area contributed by atoms with E-state index in [9.17, 15) is 14.4 Å². The maximum absolute atomic E-state index is 13.2. The lowest BCUT2D eigenvalue weighted by atomic mass is 10.1. The summed E-state index contributed by atoms with van der Waals surface area (Å²) in [5, 5.41) is 8.52. The predicted molar refractivity (Wildman–Crippen MR) is 119 cm³/mol. The number of anilines is 1. The van der Waals surface area contributed by atoms with Gasteiger partial charge >= 0.3 is 5.97 Å². The molecule has 0 aliphatic carbocycles. The number of fused-ring (bicyclic) bond motifs is 1. The number of aromatic nitrogens is 2. The molecule has 0 fully saturated rings. The zero-order valence-electron chi connectivity index (χ0n) is 17.6. The summed E-state index contributed by atoms with van der Waals surface area (Å²) in [6, 6.07) is 6.94. The number of hydrogen-bond acceptors (Lipinski definition) is 6. The van der Waals surface area contributed by atoms with E-state index in [0.29, 0.717) is 27.9 Å². The van der Waals surface area contributed by atoms with Crippen LogP contribution in [0, 0.1) is 13.8 Å². The zero-order chi connectivity index (χ0) is 21.8. The van der Waals surface area contributed by atoms with Gasteiger partial charge in [0.25, 0.3) is 11.5 Å². The molecule has 0 unspecified atom stereocenters. The van der Waals surface area contributed by atoms with Crippen LogP contribution < -0.4 is 10.9 Å². The van der Waals surface area contributed by atoms with Crippen molar-refractivity contribution in [3.8, 4) is 0 Å². The lowest BCUT2D eigenvalue weighted by Gasteiger charge is -2.11. The van der Waals surface area contributed by atoms with Gasteiger partial charge in [-0.05, 0) is 31.9 Å². The minimum Gasteiger partial charge on any atom is -0.465 e. The molecule has 0 bridgehead atoms. The third-order valence-corrected chi connectivity index (χ3v) is 6.18. The average molecular weight is 428 g/mol. The highest BCUT2D eigenvalue weighted by Gasteiger charge is 2.24. The van der Waals surface area contributed by atoms with Crippen molar-refractivity contribution in [2.75, 3.05) is 12.4 Å². The number of rotatable bonds is 7. The van der Waals surface area contributed by atoms with E-state index in [0.717, 1.165) is 29.7 Å². The smallest absolute Gasteiger partial charge is 0.341 e. The van der Waals surface area contributed by atoms with Crippen molar-refractivity contribution >= 4 is 39.0 Å². The Hall–Kier alpha value is -3.00. The molecule has 1 N–H and O–H groups in total. The third-order valence-electron chi connectivity index (χ3n) is 5.06. The monoisotopic (exact) mass is 427 g/mol. The summed E-state index contributed by atoms with van der Waals surface area (Å²) in [6.45, 7) is 6.22. The fraction of sp³-hybridized carbons (Fsp3) is 0.364. The van der Waals surface area contributed by atoms with Crippen molar-refractivity contribution < 1.29 is 14.3 Å². The fourth-order valence-corrected chi connectivity index (χ4v) is 4.33. The van der Waals surface area contributed by atoms with E-state index in [1.165, 1.54) is 23.1 Å². The SMILES string of the molecule is CCCCCn1nc(C(=O)Nc2sc(C)c(C)c2C(=O)OC)c2ccccc2c1=O. The molecule has 158 valence electrons. The number of unbranched alkanes of at least 4 members (excludes halogenated alkanes) is 2. The number of carbonyl (C=O) groups excluding carboxylic acids is 2. The van der Waals surface area contributed by atoms with Crippen LogP contribution in [-0.2, 0) is 11.3 Å². The van der Waals surface area contributed by atoms with E-state index < -0.39 is 11.9 Å². The van der Waals surface area contributed by atoms with Gasteiger partial charge in [-0.3, -0.25) is 9.59 Å². The molecule has 30 heavy (non-hydrogen) atoms. The Balaban J connectivity index is 2.05. The number of nitrogens with one attached hydrogen (secondary N) is 1. The maximum Gasteiger partial charge on any atom is 0.341 e. The Morgan fingerprint density at radius 3 is 2.53 bits per heavy atom. The largest absolute Gasteiger partial charge is 0.465 e. The van der Waals surface area contributed by atoms with Crippen LogP contribution in [0.5, 0.6) is 0 Å². The lowest BCUT2D eigenvalue weighted by Crippen LogP contribution is -2.28. The van der Waals surface area contributed by atoms with Gasteiger partial charge in [-0.25, -0.2) is 9.48 Å². The van der Waals surface area contributed by atoms with E-state index >= 15 is 0 Å². The van der Waals surface area contributed by atoms with E-state index in [4.69, 9.17) is 4.74 Å². The molecular formula is C22H25N3O4S. The first-order valence-corrected chi connectivity index (χ1v) is 10.7. The molecule has 0 aliphatic heterocycles. The molecule has 0 aliphatic rings. The molecule has 0 saturated heterocycles. The van der Waals surface area contributed by atoms with Crippen LogP contribution in [-0.4, -0.2) is 28.8 Å². The van der Waals surface area contributed by atoms with Crippen LogP contribution >= 0.6 is 11.3 Å². The molecular weight excluding hydrogens is 402 g/mol. The number of esters is 1. The molecule has 8 heteroatoms. The Morgan fingerprint density at radius 1 is 1.17 bits per heavy atom. The first-order valence-electron chi connectivity index (χ1n) is 9.88. The van der Waals surface area contributed by atoms with E-state index in [1.54, 1.807) is 24.3 Å². The van der Waals surface area contributed by atoms with E-state index in [-0.39, 0.29) is 11.3 Å². The van der Waals surface area contributed by atoms with Crippen LogP contribution in [0.15, 0.2) is 29.1 Å². The van der Waals surface area contributed by atoms with Gasteiger partial charge in [-0.1, -0.05) is 38.0 Å². The lowest BCUT2D eigenvalue weighted by molar-refractivity contribution is 0.0601. The highest BCUT2D eigenvalue weighted by molar-refractivity contribution is 7.16. The number of amides is 1. The average Bonchev–Trinajstić information content (AvgIpc) is 3.02. The van der Waals surface area contributed by atoms with Crippen LogP contribution in [0.25, 0.3) is 10.8 Å². The molecule has 3 rings (SSSR count). The molecule has 2 aromatic heterocycles. The van der Waals surface area contributed by atoms with Gasteiger partial charge in [0.15, 0.2) is 5.69 Å². The topological polar surface area (TPSA) is 90.3 Å². The van der Waals surface area contributed by atoms with Crippen molar-refractivity contribution in [2.45, 2.75) is 46.6 Å². The normalized spacial score (nSPS) is 10.9. The summed E-state index contributed by atoms with van der Waals surface area (Å²) in [6.07, 6.45) is 2.79. The van der Waals surface area contributed by atoms with E-state index in [2.05, 4.69) is 17.3 Å². The van der Waals surface area contributed by atoms with Gasteiger partial charge in [-0.2, -0.15) is 5.10 Å². The van der Waals surface area contributed by atoms with Gasteiger partial charge in [0.2, 0.25) is 0 Å². The molecule has 0 atom stereocenters. The van der Waals surface area contributed by atoms with Crippen molar-refractivity contribution in [1.29, 1.82) is 0 Å². The zero-order valence-corrected chi connectivity index (χ0v) is 18.4. The Labute approximate surface area is 178 Å². The van der Waals surface area contributed by atoms with Crippen molar-refractivity contribution in [2.24, 2.45) is 0 Å². The van der Waals surface area contributed by atoms with Gasteiger partial charge < -0.3 is 10.1 Å². The number of aryl methyl sites for hydroxylation is 2. The summed E-state index contributed by atoms with van der Waals surface area (Å²) in [5.74, 6) is -0.976. The number of nitrogens with zero attached hydrogens (tertiary/aromatic N) is 2. The molecule has 7 nitrogen and oxygen atoms in total. The number of benzene rings is 1. The second kappa shape index (κ2) is 9.21. The van der Waals surface area contributed by atoms with Gasteiger partial charge in [0.05, 0.1) is 18.1 Å². The summed E-state index contributed by atoms with van der Waals surface area (Å²) in [5.41, 5.74) is 1.05. The number of carbonyl (C=O) groups is 2. The summed E-state index contributed by atoms with van der Waals surface area (Å²) >= 11 is 1.31.